The van der Waals surface area contributed by atoms with Gasteiger partial charge in [0.15, 0.2) is 5.84 Å². The van der Waals surface area contributed by atoms with Gasteiger partial charge in [-0.3, -0.25) is 4.57 Å². The van der Waals surface area contributed by atoms with Crippen molar-refractivity contribution in [2.75, 3.05) is 20.8 Å². The van der Waals surface area contributed by atoms with Crippen LogP contribution < -0.4 is 5.43 Å². The molecule has 1 aliphatic heterocycles. The van der Waals surface area contributed by atoms with E-state index in [0.717, 1.165) is 5.56 Å². The average molecular weight is 237 g/mol. The number of benzene rings is 1. The summed E-state index contributed by atoms with van der Waals surface area (Å²) >= 11 is 0. The maximum Gasteiger partial charge on any atom is 0.270 e. The lowest BCUT2D eigenvalue weighted by atomic mass is 10.2. The predicted molar refractivity (Wildman–Crippen MR) is 64.2 cm³/mol. The van der Waals surface area contributed by atoms with E-state index < -0.39 is 7.44 Å². The van der Waals surface area contributed by atoms with Crippen LogP contribution in [0.3, 0.4) is 0 Å². The van der Waals surface area contributed by atoms with E-state index >= 15 is 0 Å². The Morgan fingerprint density at radius 3 is 2.31 bits per heavy atom. The molecule has 1 aliphatic rings. The first kappa shape index (κ1) is 11.2. The van der Waals surface area contributed by atoms with Crippen molar-refractivity contribution < 1.29 is 4.57 Å². The second-order valence-electron chi connectivity index (χ2n) is 3.70. The number of nitrogens with zero attached hydrogens (tertiary/aromatic N) is 4. The molecule has 1 aromatic rings. The molecule has 1 unspecified atom stereocenters. The summed E-state index contributed by atoms with van der Waals surface area (Å²) in [7, 11) is 0.793. The molecule has 16 heavy (non-hydrogen) atoms. The molecule has 0 fully saturated rings. The molecule has 0 saturated carbocycles. The Morgan fingerprint density at radius 2 is 1.75 bits per heavy atom. The lowest BCUT2D eigenvalue weighted by molar-refractivity contribution is 0.350. The molecular weight excluding hydrogens is 223 g/mol. The highest BCUT2D eigenvalue weighted by molar-refractivity contribution is 7.58. The summed E-state index contributed by atoms with van der Waals surface area (Å²) in [6, 6.07) is 9.64. The van der Waals surface area contributed by atoms with Crippen LogP contribution in [0.25, 0.3) is 0 Å². The van der Waals surface area contributed by atoms with Crippen LogP contribution in [0.15, 0.2) is 35.4 Å². The smallest absolute Gasteiger partial charge is 0.270 e. The number of rotatable bonds is 1. The second-order valence-corrected chi connectivity index (χ2v) is 6.53. The Labute approximate surface area is 95.2 Å². The van der Waals surface area contributed by atoms with E-state index in [1.54, 1.807) is 20.8 Å². The van der Waals surface area contributed by atoms with Crippen LogP contribution in [0.2, 0.25) is 0 Å². The third-order valence-corrected chi connectivity index (χ3v) is 4.91. The van der Waals surface area contributed by atoms with Crippen molar-refractivity contribution >= 4 is 13.3 Å². The van der Waals surface area contributed by atoms with Gasteiger partial charge in [0, 0.05) is 26.3 Å². The summed E-state index contributed by atoms with van der Waals surface area (Å²) in [6.07, 6.45) is 0. The topological polar surface area (TPSA) is 50.0 Å². The van der Waals surface area contributed by atoms with E-state index in [-0.39, 0.29) is 0 Å². The van der Waals surface area contributed by atoms with Gasteiger partial charge in [-0.05, 0) is 0 Å². The van der Waals surface area contributed by atoms with E-state index in [9.17, 15) is 4.57 Å². The van der Waals surface area contributed by atoms with Gasteiger partial charge in [0.2, 0.25) is 0 Å². The van der Waals surface area contributed by atoms with E-state index in [1.807, 2.05) is 30.3 Å². The Bertz CT molecular complexity index is 459. The third kappa shape index (κ3) is 1.84. The monoisotopic (exact) mass is 237 g/mol. The van der Waals surface area contributed by atoms with Crippen molar-refractivity contribution in [3.63, 3.8) is 0 Å². The van der Waals surface area contributed by atoms with Gasteiger partial charge in [-0.15, -0.1) is 9.88 Å². The number of amidine groups is 1. The maximum atomic E-state index is 12.1. The molecule has 6 heteroatoms. The molecule has 0 spiro atoms. The largest absolute Gasteiger partial charge is 0.279 e. The van der Waals surface area contributed by atoms with E-state index in [1.165, 1.54) is 9.56 Å². The molecule has 1 heterocycles. The van der Waals surface area contributed by atoms with Crippen LogP contribution in [0.4, 0.5) is 0 Å². The minimum Gasteiger partial charge on any atom is -0.279 e. The number of hydrogen-bond acceptors (Lipinski definition) is 2. The third-order valence-electron chi connectivity index (χ3n) is 2.58. The van der Waals surface area contributed by atoms with Crippen LogP contribution in [-0.2, 0) is 4.57 Å². The van der Waals surface area contributed by atoms with Gasteiger partial charge in [0.25, 0.3) is 7.44 Å². The van der Waals surface area contributed by atoms with Crippen molar-refractivity contribution in [3.05, 3.63) is 35.9 Å². The quantitative estimate of drug-likeness (QED) is 0.696. The van der Waals surface area contributed by atoms with Gasteiger partial charge < -0.3 is 0 Å². The van der Waals surface area contributed by atoms with Gasteiger partial charge in [0.1, 0.15) is 0 Å². The minimum atomic E-state index is -2.61. The molecule has 0 aliphatic carbocycles. The molecule has 0 N–H and O–H groups in total. The van der Waals surface area contributed by atoms with Crippen molar-refractivity contribution in [3.8, 4) is 0 Å². The molecule has 1 radical (unpaired) electrons. The van der Waals surface area contributed by atoms with E-state index in [4.69, 9.17) is 0 Å². The highest BCUT2D eigenvalue weighted by Crippen LogP contribution is 2.48. The zero-order valence-electron chi connectivity index (χ0n) is 9.53. The van der Waals surface area contributed by atoms with Crippen molar-refractivity contribution in [2.24, 2.45) is 5.10 Å². The summed E-state index contributed by atoms with van der Waals surface area (Å²) in [5.74, 6) is 0.582. The first-order valence-electron chi connectivity index (χ1n) is 4.93. The maximum absolute atomic E-state index is 12.1. The minimum absolute atomic E-state index is 0.582. The molecule has 1 atom stereocenters. The highest BCUT2D eigenvalue weighted by Gasteiger charge is 2.33. The number of hydrogen-bond donors (Lipinski definition) is 0. The van der Waals surface area contributed by atoms with E-state index in [0.29, 0.717) is 5.84 Å². The molecule has 0 bridgehead atoms. The van der Waals surface area contributed by atoms with Gasteiger partial charge in [-0.1, -0.05) is 30.3 Å². The van der Waals surface area contributed by atoms with E-state index in [2.05, 4.69) is 10.5 Å². The lowest BCUT2D eigenvalue weighted by Crippen LogP contribution is -2.39. The zero-order chi connectivity index (χ0) is 11.8. The Kier molecular flexibility index (Phi) is 2.74. The van der Waals surface area contributed by atoms with Gasteiger partial charge in [-0.25, -0.2) is 4.78 Å². The molecule has 1 aromatic carbocycles. The van der Waals surface area contributed by atoms with Crippen LogP contribution in [0.5, 0.6) is 0 Å². The molecule has 0 saturated heterocycles. The van der Waals surface area contributed by atoms with Gasteiger partial charge in [-0.2, -0.15) is 5.43 Å². The lowest BCUT2D eigenvalue weighted by Gasteiger charge is -2.34. The Balaban J connectivity index is 2.37. The summed E-state index contributed by atoms with van der Waals surface area (Å²) in [5.41, 5.74) is 5.15. The van der Waals surface area contributed by atoms with Gasteiger partial charge in [0.05, 0.1) is 0 Å². The van der Waals surface area contributed by atoms with Crippen molar-refractivity contribution in [1.29, 1.82) is 0 Å². The normalized spacial score (nSPS) is 26.2. The molecule has 5 nitrogen and oxygen atoms in total. The van der Waals surface area contributed by atoms with Gasteiger partial charge >= 0.3 is 0 Å². The van der Waals surface area contributed by atoms with Crippen molar-refractivity contribution in [1.82, 2.24) is 15.0 Å². The summed E-state index contributed by atoms with van der Waals surface area (Å²) in [6.45, 7) is 1.64. The molecule has 0 aromatic heterocycles. The molecular formula is C10H14N4OP. The second kappa shape index (κ2) is 3.92. The summed E-state index contributed by atoms with van der Waals surface area (Å²) in [4.78, 5) is 0. The molecule has 0 amide bonds. The van der Waals surface area contributed by atoms with Crippen LogP contribution in [-0.4, -0.2) is 36.2 Å². The first-order valence-corrected chi connectivity index (χ1v) is 6.99. The summed E-state index contributed by atoms with van der Waals surface area (Å²) in [5, 5.41) is 4.23. The highest BCUT2D eigenvalue weighted by atomic mass is 31.2. The Hall–Kier alpha value is -1.32. The SMILES string of the molecule is CN1[N]C(c2ccccc2)=NN(C)P1(C)=O. The fourth-order valence-corrected chi connectivity index (χ4v) is 2.23. The fourth-order valence-electron chi connectivity index (χ4n) is 1.35. The molecule has 85 valence electrons. The first-order chi connectivity index (χ1) is 7.51. The molecule has 2 rings (SSSR count). The standard InChI is InChI=1S/C10H14N4OP/c1-13-11-10(9-7-5-4-6-8-9)12-14(2)16(13,3)15/h4-8H,1-3H3. The predicted octanol–water partition coefficient (Wildman–Crippen LogP) is 1.57. The average Bonchev–Trinajstić information content (AvgIpc) is 2.27. The van der Waals surface area contributed by atoms with Crippen LogP contribution in [0.1, 0.15) is 5.56 Å². The zero-order valence-corrected chi connectivity index (χ0v) is 10.4. The summed E-state index contributed by atoms with van der Waals surface area (Å²) < 4.78 is 15.1. The Morgan fingerprint density at radius 1 is 1.12 bits per heavy atom. The van der Waals surface area contributed by atoms with Crippen LogP contribution >= 0.6 is 7.44 Å². The van der Waals surface area contributed by atoms with Crippen LogP contribution in [0, 0.1) is 0 Å². The van der Waals surface area contributed by atoms with Crippen molar-refractivity contribution in [2.45, 2.75) is 0 Å². The fraction of sp³-hybridized carbons (Fsp3) is 0.300. The number of hydrazone groups is 1.